The van der Waals surface area contributed by atoms with Gasteiger partial charge in [0.2, 0.25) is 5.91 Å². The molecule has 2 aromatic rings. The molecular weight excluding hydrogens is 378 g/mol. The first kappa shape index (κ1) is 19.5. The van der Waals surface area contributed by atoms with Crippen LogP contribution in [0.15, 0.2) is 27.4 Å². The van der Waals surface area contributed by atoms with Gasteiger partial charge in [-0.3, -0.25) is 14.3 Å². The third kappa shape index (κ3) is 3.72. The number of halogens is 1. The van der Waals surface area contributed by atoms with Crippen molar-refractivity contribution in [1.82, 2.24) is 14.4 Å². The van der Waals surface area contributed by atoms with Crippen LogP contribution in [0.1, 0.15) is 52.0 Å². The number of aromatic nitrogens is 1. The molecule has 3 heterocycles. The number of amides is 1. The smallest absolute Gasteiger partial charge is 0.408 e. The van der Waals surface area contributed by atoms with Gasteiger partial charge >= 0.3 is 5.76 Å². The van der Waals surface area contributed by atoms with E-state index in [1.807, 2.05) is 0 Å². The number of nitrogens with zero attached hydrogens (tertiary/aromatic N) is 3. The summed E-state index contributed by atoms with van der Waals surface area (Å²) < 4.78 is 7.11. The van der Waals surface area contributed by atoms with Crippen LogP contribution in [0.4, 0.5) is 0 Å². The van der Waals surface area contributed by atoms with Crippen LogP contribution >= 0.6 is 11.6 Å². The Hall–Kier alpha value is -1.79. The van der Waals surface area contributed by atoms with Gasteiger partial charge < -0.3 is 9.32 Å². The molecule has 28 heavy (non-hydrogen) atoms. The highest BCUT2D eigenvalue weighted by Gasteiger charge is 2.32. The van der Waals surface area contributed by atoms with Crippen LogP contribution in [-0.2, 0) is 4.79 Å². The average molecular weight is 406 g/mol. The number of oxazole rings is 1. The van der Waals surface area contributed by atoms with Crippen molar-refractivity contribution in [2.45, 2.75) is 64.1 Å². The Morgan fingerprint density at radius 1 is 1.18 bits per heavy atom. The number of carbonyl (C=O) groups excluding carboxylic acids is 1. The van der Waals surface area contributed by atoms with Gasteiger partial charge in [-0.15, -0.1) is 0 Å². The molecule has 1 amide bonds. The molecule has 1 aromatic carbocycles. The highest BCUT2D eigenvalue weighted by Crippen LogP contribution is 2.27. The van der Waals surface area contributed by atoms with Gasteiger partial charge in [-0.25, -0.2) is 4.79 Å². The van der Waals surface area contributed by atoms with E-state index in [1.54, 1.807) is 22.8 Å². The zero-order valence-corrected chi connectivity index (χ0v) is 17.3. The number of benzene rings is 1. The minimum atomic E-state index is -0.353. The van der Waals surface area contributed by atoms with Gasteiger partial charge in [0.1, 0.15) is 0 Å². The Morgan fingerprint density at radius 3 is 2.68 bits per heavy atom. The van der Waals surface area contributed by atoms with E-state index in [2.05, 4.69) is 23.6 Å². The molecule has 3 atom stereocenters. The third-order valence-electron chi connectivity index (χ3n) is 6.26. The van der Waals surface area contributed by atoms with Crippen molar-refractivity contribution in [3.63, 3.8) is 0 Å². The first-order valence-electron chi connectivity index (χ1n) is 10.3. The van der Waals surface area contributed by atoms with E-state index in [1.165, 1.54) is 6.42 Å². The topological polar surface area (TPSA) is 58.7 Å². The van der Waals surface area contributed by atoms with Gasteiger partial charge in [0.05, 0.1) is 18.1 Å². The number of rotatable bonds is 3. The van der Waals surface area contributed by atoms with Crippen molar-refractivity contribution in [3.8, 4) is 0 Å². The van der Waals surface area contributed by atoms with Crippen molar-refractivity contribution in [3.05, 3.63) is 33.8 Å². The first-order chi connectivity index (χ1) is 13.4. The Bertz CT molecular complexity index is 911. The monoisotopic (exact) mass is 405 g/mol. The maximum Gasteiger partial charge on any atom is 0.420 e. The normalized spacial score (nSPS) is 26.7. The molecule has 0 spiro atoms. The minimum absolute atomic E-state index is 0.00929. The minimum Gasteiger partial charge on any atom is -0.408 e. The molecule has 0 aliphatic carbocycles. The average Bonchev–Trinajstić information content (AvgIpc) is 2.96. The van der Waals surface area contributed by atoms with Gasteiger partial charge in [-0.05, 0) is 70.7 Å². The molecule has 0 saturated carbocycles. The summed E-state index contributed by atoms with van der Waals surface area (Å²) in [6.45, 7) is 6.25. The second-order valence-electron chi connectivity index (χ2n) is 8.31. The second-order valence-corrected chi connectivity index (χ2v) is 8.75. The lowest BCUT2D eigenvalue weighted by Gasteiger charge is -2.41. The van der Waals surface area contributed by atoms with Crippen molar-refractivity contribution >= 4 is 28.6 Å². The van der Waals surface area contributed by atoms with Crippen LogP contribution in [0, 0.1) is 0 Å². The van der Waals surface area contributed by atoms with Crippen molar-refractivity contribution in [2.24, 2.45) is 0 Å². The molecular formula is C21H28ClN3O3. The fourth-order valence-corrected chi connectivity index (χ4v) is 5.09. The lowest BCUT2D eigenvalue weighted by molar-refractivity contribution is -0.138. The van der Waals surface area contributed by atoms with Crippen LogP contribution in [0.2, 0.25) is 5.02 Å². The van der Waals surface area contributed by atoms with E-state index in [9.17, 15) is 9.59 Å². The molecule has 4 rings (SSSR count). The molecule has 2 saturated heterocycles. The summed E-state index contributed by atoms with van der Waals surface area (Å²) in [5.41, 5.74) is 1.28. The number of hydrogen-bond donors (Lipinski definition) is 0. The molecule has 152 valence electrons. The number of piperidine rings is 2. The molecule has 6 nitrogen and oxygen atoms in total. The van der Waals surface area contributed by atoms with Crippen molar-refractivity contribution in [1.29, 1.82) is 0 Å². The molecule has 7 heteroatoms. The third-order valence-corrected chi connectivity index (χ3v) is 6.50. The SMILES string of the molecule is C[C@@H]1CCC[C@H](C)N1C(=O)CN1CCC[C@H](n2c(=O)oc3ccc(Cl)cc32)C1. The second kappa shape index (κ2) is 7.91. The summed E-state index contributed by atoms with van der Waals surface area (Å²) in [7, 11) is 0. The summed E-state index contributed by atoms with van der Waals surface area (Å²) >= 11 is 6.13. The highest BCUT2D eigenvalue weighted by atomic mass is 35.5. The van der Waals surface area contributed by atoms with E-state index >= 15 is 0 Å². The molecule has 2 aliphatic heterocycles. The molecule has 0 radical (unpaired) electrons. The molecule has 1 aromatic heterocycles. The van der Waals surface area contributed by atoms with Crippen LogP contribution in [-0.4, -0.2) is 52.0 Å². The number of likely N-dealkylation sites (tertiary alicyclic amines) is 2. The van der Waals surface area contributed by atoms with Gasteiger partial charge in [0, 0.05) is 23.7 Å². The summed E-state index contributed by atoms with van der Waals surface area (Å²) in [5.74, 6) is -0.151. The molecule has 0 N–H and O–H groups in total. The fourth-order valence-electron chi connectivity index (χ4n) is 4.92. The van der Waals surface area contributed by atoms with Crippen molar-refractivity contribution < 1.29 is 9.21 Å². The maximum atomic E-state index is 13.0. The van der Waals surface area contributed by atoms with Crippen molar-refractivity contribution in [2.75, 3.05) is 19.6 Å². The van der Waals surface area contributed by atoms with Crippen LogP contribution < -0.4 is 5.76 Å². The Balaban J connectivity index is 1.51. The number of fused-ring (bicyclic) bond motifs is 1. The number of hydrogen-bond acceptors (Lipinski definition) is 4. The van der Waals surface area contributed by atoms with Crippen LogP contribution in [0.3, 0.4) is 0 Å². The van der Waals surface area contributed by atoms with Crippen LogP contribution in [0.5, 0.6) is 0 Å². The summed E-state index contributed by atoms with van der Waals surface area (Å²) in [6, 6.07) is 5.84. The zero-order chi connectivity index (χ0) is 19.8. The zero-order valence-electron chi connectivity index (χ0n) is 16.6. The first-order valence-corrected chi connectivity index (χ1v) is 10.7. The molecule has 0 unspecified atom stereocenters. The largest absolute Gasteiger partial charge is 0.420 e. The Morgan fingerprint density at radius 2 is 1.93 bits per heavy atom. The predicted molar refractivity (Wildman–Crippen MR) is 110 cm³/mol. The van der Waals surface area contributed by atoms with Gasteiger partial charge in [0.15, 0.2) is 5.58 Å². The Kier molecular flexibility index (Phi) is 5.52. The van der Waals surface area contributed by atoms with Gasteiger partial charge in [-0.2, -0.15) is 0 Å². The van der Waals surface area contributed by atoms with E-state index in [0.717, 1.165) is 37.7 Å². The lowest BCUT2D eigenvalue weighted by Crippen LogP contribution is -2.52. The summed E-state index contributed by atoms with van der Waals surface area (Å²) in [4.78, 5) is 29.7. The Labute approximate surface area is 170 Å². The van der Waals surface area contributed by atoms with E-state index in [4.69, 9.17) is 16.0 Å². The maximum absolute atomic E-state index is 13.0. The quantitative estimate of drug-likeness (QED) is 0.781. The highest BCUT2D eigenvalue weighted by molar-refractivity contribution is 6.31. The number of carbonyl (C=O) groups is 1. The standard InChI is InChI=1S/C21H28ClN3O3/c1-14-5-3-6-15(2)24(14)20(26)13-23-10-4-7-17(12-23)25-18-11-16(22)8-9-19(18)28-21(25)27/h8-9,11,14-15,17H,3-7,10,12-13H2,1-2H3/t14-,15+,17-/m0/s1. The van der Waals surface area contributed by atoms with Crippen LogP contribution in [0.25, 0.3) is 11.1 Å². The van der Waals surface area contributed by atoms with E-state index < -0.39 is 0 Å². The fraction of sp³-hybridized carbons (Fsp3) is 0.619. The lowest BCUT2D eigenvalue weighted by atomic mass is 9.97. The van der Waals surface area contributed by atoms with Gasteiger partial charge in [0.25, 0.3) is 0 Å². The molecule has 2 aliphatic rings. The summed E-state index contributed by atoms with van der Waals surface area (Å²) in [5, 5.41) is 0.581. The van der Waals surface area contributed by atoms with E-state index in [-0.39, 0.29) is 17.7 Å². The molecule has 0 bridgehead atoms. The molecule has 2 fully saturated rings. The van der Waals surface area contributed by atoms with E-state index in [0.29, 0.717) is 35.8 Å². The predicted octanol–water partition coefficient (Wildman–Crippen LogP) is 3.67. The summed E-state index contributed by atoms with van der Waals surface area (Å²) in [6.07, 6.45) is 5.19. The van der Waals surface area contributed by atoms with Gasteiger partial charge in [-0.1, -0.05) is 11.6 Å².